The van der Waals surface area contributed by atoms with Crippen molar-refractivity contribution in [2.75, 3.05) is 24.7 Å². The quantitative estimate of drug-likeness (QED) is 0.866. The van der Waals surface area contributed by atoms with Crippen LogP contribution in [0.5, 0.6) is 0 Å². The highest BCUT2D eigenvalue weighted by Crippen LogP contribution is 2.22. The molecule has 0 amide bonds. The zero-order chi connectivity index (χ0) is 14.5. The summed E-state index contributed by atoms with van der Waals surface area (Å²) < 4.78 is 18.7. The minimum absolute atomic E-state index is 0.205. The van der Waals surface area contributed by atoms with Crippen LogP contribution in [0.4, 0.5) is 10.1 Å². The largest absolute Gasteiger partial charge is 0.377 e. The predicted molar refractivity (Wildman–Crippen MR) is 78.7 cm³/mol. The summed E-state index contributed by atoms with van der Waals surface area (Å²) in [6.07, 6.45) is 6.99. The number of aryl methyl sites for hydroxylation is 1. The maximum atomic E-state index is 13.1. The standard InChI is InChI=1S/C16H18FN3O/c17-13-1-4-15(5-2-13)20-9-10-21-12-16(20)6-3-14-11-18-7-8-19-14/h1-2,4-5,7-8,11,16H,3,6,9-10,12H2/t16-/m1/s1. The van der Waals surface area contributed by atoms with E-state index in [0.717, 1.165) is 30.8 Å². The van der Waals surface area contributed by atoms with Crippen LogP contribution in [0.1, 0.15) is 12.1 Å². The second kappa shape index (κ2) is 6.63. The summed E-state index contributed by atoms with van der Waals surface area (Å²) in [6.45, 7) is 2.23. The van der Waals surface area contributed by atoms with Gasteiger partial charge in [-0.1, -0.05) is 0 Å². The molecule has 0 radical (unpaired) electrons. The van der Waals surface area contributed by atoms with Crippen LogP contribution in [0.2, 0.25) is 0 Å². The van der Waals surface area contributed by atoms with E-state index in [2.05, 4.69) is 14.9 Å². The van der Waals surface area contributed by atoms with E-state index in [1.165, 1.54) is 12.1 Å². The number of rotatable bonds is 4. The molecule has 0 saturated carbocycles. The summed E-state index contributed by atoms with van der Waals surface area (Å²) in [5, 5.41) is 0. The van der Waals surface area contributed by atoms with Gasteiger partial charge in [-0.2, -0.15) is 0 Å². The predicted octanol–water partition coefficient (Wildman–Crippen LogP) is 2.45. The minimum atomic E-state index is -0.205. The Kier molecular flexibility index (Phi) is 4.40. The summed E-state index contributed by atoms with van der Waals surface area (Å²) >= 11 is 0. The molecule has 2 heterocycles. The summed E-state index contributed by atoms with van der Waals surface area (Å²) in [5.74, 6) is -0.205. The number of benzene rings is 1. The van der Waals surface area contributed by atoms with E-state index in [0.29, 0.717) is 13.2 Å². The Labute approximate surface area is 123 Å². The van der Waals surface area contributed by atoms with E-state index in [1.807, 2.05) is 12.1 Å². The van der Waals surface area contributed by atoms with Crippen LogP contribution in [0.25, 0.3) is 0 Å². The molecule has 21 heavy (non-hydrogen) atoms. The molecule has 5 heteroatoms. The van der Waals surface area contributed by atoms with Crippen LogP contribution < -0.4 is 4.90 Å². The van der Waals surface area contributed by atoms with Crippen molar-refractivity contribution in [3.05, 3.63) is 54.4 Å². The van der Waals surface area contributed by atoms with E-state index in [4.69, 9.17) is 4.74 Å². The fourth-order valence-corrected chi connectivity index (χ4v) is 2.64. The Morgan fingerprint density at radius 2 is 2.10 bits per heavy atom. The number of aromatic nitrogens is 2. The van der Waals surface area contributed by atoms with E-state index >= 15 is 0 Å². The first-order chi connectivity index (χ1) is 10.3. The van der Waals surface area contributed by atoms with Crippen molar-refractivity contribution in [1.29, 1.82) is 0 Å². The van der Waals surface area contributed by atoms with Gasteiger partial charge in [0, 0.05) is 30.8 Å². The first kappa shape index (κ1) is 13.9. The Balaban J connectivity index is 1.68. The highest BCUT2D eigenvalue weighted by atomic mass is 19.1. The van der Waals surface area contributed by atoms with Gasteiger partial charge in [0.05, 0.1) is 24.9 Å². The Morgan fingerprint density at radius 3 is 2.86 bits per heavy atom. The lowest BCUT2D eigenvalue weighted by molar-refractivity contribution is 0.0916. The number of ether oxygens (including phenoxy) is 1. The first-order valence-corrected chi connectivity index (χ1v) is 7.18. The third-order valence-electron chi connectivity index (χ3n) is 3.74. The van der Waals surface area contributed by atoms with Crippen molar-refractivity contribution < 1.29 is 9.13 Å². The normalized spacial score (nSPS) is 18.7. The van der Waals surface area contributed by atoms with Crippen LogP contribution in [0.3, 0.4) is 0 Å². The van der Waals surface area contributed by atoms with Gasteiger partial charge in [0.1, 0.15) is 5.82 Å². The molecule has 4 nitrogen and oxygen atoms in total. The Bertz CT molecular complexity index is 561. The third kappa shape index (κ3) is 3.55. The SMILES string of the molecule is Fc1ccc(N2CCOC[C@H]2CCc2cnccn2)cc1. The average molecular weight is 287 g/mol. The molecule has 0 bridgehead atoms. The second-order valence-electron chi connectivity index (χ2n) is 5.13. The monoisotopic (exact) mass is 287 g/mol. The number of hydrogen-bond donors (Lipinski definition) is 0. The molecule has 2 aromatic rings. The van der Waals surface area contributed by atoms with Crippen molar-refractivity contribution in [3.8, 4) is 0 Å². The molecule has 1 aliphatic rings. The van der Waals surface area contributed by atoms with E-state index in [1.54, 1.807) is 18.6 Å². The molecule has 1 fully saturated rings. The summed E-state index contributed by atoms with van der Waals surface area (Å²) in [4.78, 5) is 10.7. The van der Waals surface area contributed by atoms with Crippen molar-refractivity contribution >= 4 is 5.69 Å². The molecule has 0 unspecified atom stereocenters. The molecule has 0 aliphatic carbocycles. The Hall–Kier alpha value is -2.01. The highest BCUT2D eigenvalue weighted by Gasteiger charge is 2.23. The molecule has 3 rings (SSSR count). The molecule has 1 saturated heterocycles. The van der Waals surface area contributed by atoms with Gasteiger partial charge in [-0.05, 0) is 37.1 Å². The maximum Gasteiger partial charge on any atom is 0.123 e. The van der Waals surface area contributed by atoms with Gasteiger partial charge in [-0.25, -0.2) is 4.39 Å². The molecular weight excluding hydrogens is 269 g/mol. The van der Waals surface area contributed by atoms with Crippen LogP contribution in [0.15, 0.2) is 42.9 Å². The number of halogens is 1. The number of nitrogens with zero attached hydrogens (tertiary/aromatic N) is 3. The Morgan fingerprint density at radius 1 is 1.24 bits per heavy atom. The van der Waals surface area contributed by atoms with Gasteiger partial charge in [-0.3, -0.25) is 9.97 Å². The molecule has 110 valence electrons. The van der Waals surface area contributed by atoms with Crippen LogP contribution in [-0.4, -0.2) is 35.8 Å². The van der Waals surface area contributed by atoms with Gasteiger partial charge < -0.3 is 9.64 Å². The van der Waals surface area contributed by atoms with E-state index in [9.17, 15) is 4.39 Å². The van der Waals surface area contributed by atoms with Crippen LogP contribution in [0, 0.1) is 5.82 Å². The van der Waals surface area contributed by atoms with Crippen LogP contribution >= 0.6 is 0 Å². The van der Waals surface area contributed by atoms with Crippen LogP contribution in [-0.2, 0) is 11.2 Å². The summed E-state index contributed by atoms with van der Waals surface area (Å²) in [7, 11) is 0. The summed E-state index contributed by atoms with van der Waals surface area (Å²) in [6, 6.07) is 6.95. The molecule has 1 atom stereocenters. The third-order valence-corrected chi connectivity index (χ3v) is 3.74. The molecule has 1 aliphatic heterocycles. The first-order valence-electron chi connectivity index (χ1n) is 7.18. The number of morpholine rings is 1. The number of hydrogen-bond acceptors (Lipinski definition) is 4. The second-order valence-corrected chi connectivity index (χ2v) is 5.13. The minimum Gasteiger partial charge on any atom is -0.377 e. The van der Waals surface area contributed by atoms with Gasteiger partial charge in [0.25, 0.3) is 0 Å². The van der Waals surface area contributed by atoms with Gasteiger partial charge in [-0.15, -0.1) is 0 Å². The number of anilines is 1. The summed E-state index contributed by atoms with van der Waals surface area (Å²) in [5.41, 5.74) is 2.03. The topological polar surface area (TPSA) is 38.2 Å². The van der Waals surface area contributed by atoms with Crippen molar-refractivity contribution in [2.24, 2.45) is 0 Å². The van der Waals surface area contributed by atoms with Gasteiger partial charge >= 0.3 is 0 Å². The van der Waals surface area contributed by atoms with Gasteiger partial charge in [0.2, 0.25) is 0 Å². The molecule has 0 N–H and O–H groups in total. The fraction of sp³-hybridized carbons (Fsp3) is 0.375. The van der Waals surface area contributed by atoms with E-state index < -0.39 is 0 Å². The lowest BCUT2D eigenvalue weighted by Crippen LogP contribution is -2.45. The van der Waals surface area contributed by atoms with E-state index in [-0.39, 0.29) is 11.9 Å². The average Bonchev–Trinajstić information content (AvgIpc) is 2.55. The zero-order valence-corrected chi connectivity index (χ0v) is 11.8. The zero-order valence-electron chi connectivity index (χ0n) is 11.8. The van der Waals surface area contributed by atoms with Crippen molar-refractivity contribution in [1.82, 2.24) is 9.97 Å². The van der Waals surface area contributed by atoms with Crippen molar-refractivity contribution in [2.45, 2.75) is 18.9 Å². The van der Waals surface area contributed by atoms with Crippen molar-refractivity contribution in [3.63, 3.8) is 0 Å². The molecule has 1 aromatic carbocycles. The molecule has 1 aromatic heterocycles. The van der Waals surface area contributed by atoms with Gasteiger partial charge in [0.15, 0.2) is 0 Å². The lowest BCUT2D eigenvalue weighted by Gasteiger charge is -2.37. The fourth-order valence-electron chi connectivity index (χ4n) is 2.64. The maximum absolute atomic E-state index is 13.1. The molecule has 0 spiro atoms. The molecular formula is C16H18FN3O. The lowest BCUT2D eigenvalue weighted by atomic mass is 10.1. The highest BCUT2D eigenvalue weighted by molar-refractivity contribution is 5.47. The smallest absolute Gasteiger partial charge is 0.123 e.